The molecule has 0 saturated carbocycles. The van der Waals surface area contributed by atoms with Crippen molar-refractivity contribution < 1.29 is 4.79 Å². The number of rotatable bonds is 3. The molecule has 14 heavy (non-hydrogen) atoms. The van der Waals surface area contributed by atoms with Gasteiger partial charge in [0, 0.05) is 6.04 Å². The molecule has 0 atom stereocenters. The van der Waals surface area contributed by atoms with E-state index in [1.165, 1.54) is 22.4 Å². The molecule has 1 heterocycles. The Kier molecular flexibility index (Phi) is 3.60. The van der Waals surface area contributed by atoms with Crippen molar-refractivity contribution in [3.63, 3.8) is 0 Å². The molecule has 0 spiro atoms. The van der Waals surface area contributed by atoms with Crippen LogP contribution in [-0.4, -0.2) is 28.4 Å². The molecular formula is C9H11N3OS. The van der Waals surface area contributed by atoms with Crippen molar-refractivity contribution in [2.24, 2.45) is 0 Å². The summed E-state index contributed by atoms with van der Waals surface area (Å²) in [6, 6.07) is 2.01. The average molecular weight is 209 g/mol. The van der Waals surface area contributed by atoms with Crippen molar-refractivity contribution in [1.82, 2.24) is 9.88 Å². The van der Waals surface area contributed by atoms with E-state index in [2.05, 4.69) is 4.98 Å². The maximum Gasteiger partial charge on any atom is 0.266 e. The summed E-state index contributed by atoms with van der Waals surface area (Å²) in [5.41, 5.74) is 1.61. The number of carbonyl (C=O) groups excluding carboxylic acids is 1. The molecule has 0 fully saturated rings. The summed E-state index contributed by atoms with van der Waals surface area (Å²) in [5, 5.41) is 8.58. The van der Waals surface area contributed by atoms with Crippen LogP contribution in [0.5, 0.6) is 0 Å². The number of carbonyl (C=O) groups is 1. The van der Waals surface area contributed by atoms with Gasteiger partial charge in [-0.3, -0.25) is 9.78 Å². The van der Waals surface area contributed by atoms with Gasteiger partial charge in [0.25, 0.3) is 5.91 Å². The van der Waals surface area contributed by atoms with Gasteiger partial charge in [0.05, 0.1) is 17.8 Å². The SMILES string of the molecule is CC(C)N(CC#N)C(=O)c1cncs1. The summed E-state index contributed by atoms with van der Waals surface area (Å²) < 4.78 is 0. The lowest BCUT2D eigenvalue weighted by molar-refractivity contribution is 0.0736. The van der Waals surface area contributed by atoms with Crippen LogP contribution in [0.3, 0.4) is 0 Å². The molecule has 0 bridgehead atoms. The van der Waals surface area contributed by atoms with Gasteiger partial charge >= 0.3 is 0 Å². The molecule has 0 N–H and O–H groups in total. The van der Waals surface area contributed by atoms with Crippen molar-refractivity contribution in [3.8, 4) is 6.07 Å². The molecule has 0 unspecified atom stereocenters. The normalized spacial score (nSPS) is 9.86. The molecule has 4 nitrogen and oxygen atoms in total. The predicted molar refractivity (Wildman–Crippen MR) is 53.9 cm³/mol. The highest BCUT2D eigenvalue weighted by Crippen LogP contribution is 2.11. The number of hydrogen-bond donors (Lipinski definition) is 0. The minimum atomic E-state index is -0.121. The van der Waals surface area contributed by atoms with E-state index in [9.17, 15) is 4.79 Å². The van der Waals surface area contributed by atoms with Gasteiger partial charge in [-0.25, -0.2) is 0 Å². The van der Waals surface area contributed by atoms with Gasteiger partial charge in [-0.05, 0) is 13.8 Å². The van der Waals surface area contributed by atoms with E-state index in [1.807, 2.05) is 19.9 Å². The van der Waals surface area contributed by atoms with E-state index in [0.717, 1.165) is 0 Å². The summed E-state index contributed by atoms with van der Waals surface area (Å²) in [6.07, 6.45) is 1.53. The fraction of sp³-hybridized carbons (Fsp3) is 0.444. The van der Waals surface area contributed by atoms with Gasteiger partial charge in [0.1, 0.15) is 11.4 Å². The molecule has 0 aliphatic carbocycles. The van der Waals surface area contributed by atoms with Crippen LogP contribution in [0, 0.1) is 11.3 Å². The van der Waals surface area contributed by atoms with E-state index in [4.69, 9.17) is 5.26 Å². The Morgan fingerprint density at radius 2 is 2.50 bits per heavy atom. The minimum Gasteiger partial charge on any atom is -0.322 e. The summed E-state index contributed by atoms with van der Waals surface area (Å²) >= 11 is 1.29. The van der Waals surface area contributed by atoms with Gasteiger partial charge in [-0.15, -0.1) is 11.3 Å². The van der Waals surface area contributed by atoms with Crippen LogP contribution in [0.1, 0.15) is 23.5 Å². The maximum absolute atomic E-state index is 11.8. The van der Waals surface area contributed by atoms with Gasteiger partial charge < -0.3 is 4.90 Å². The second-order valence-corrected chi connectivity index (χ2v) is 3.94. The first-order valence-corrected chi connectivity index (χ1v) is 5.11. The molecule has 0 saturated heterocycles. The van der Waals surface area contributed by atoms with Crippen LogP contribution in [0.2, 0.25) is 0 Å². The number of thiazole rings is 1. The van der Waals surface area contributed by atoms with E-state index in [0.29, 0.717) is 4.88 Å². The number of hydrogen-bond acceptors (Lipinski definition) is 4. The third-order valence-corrected chi connectivity index (χ3v) is 2.53. The largest absolute Gasteiger partial charge is 0.322 e. The molecule has 1 rings (SSSR count). The van der Waals surface area contributed by atoms with Crippen LogP contribution in [0.4, 0.5) is 0 Å². The van der Waals surface area contributed by atoms with Crippen molar-refractivity contribution in [1.29, 1.82) is 5.26 Å². The Hall–Kier alpha value is -1.41. The first kappa shape index (κ1) is 10.7. The quantitative estimate of drug-likeness (QED) is 0.709. The van der Waals surface area contributed by atoms with Crippen LogP contribution < -0.4 is 0 Å². The Bertz CT molecular complexity index is 339. The van der Waals surface area contributed by atoms with Crippen LogP contribution in [-0.2, 0) is 0 Å². The highest BCUT2D eigenvalue weighted by atomic mass is 32.1. The predicted octanol–water partition coefficient (Wildman–Crippen LogP) is 1.52. The van der Waals surface area contributed by atoms with Crippen molar-refractivity contribution in [2.75, 3.05) is 6.54 Å². The van der Waals surface area contributed by atoms with E-state index in [-0.39, 0.29) is 18.5 Å². The second-order valence-electron chi connectivity index (χ2n) is 3.05. The van der Waals surface area contributed by atoms with E-state index >= 15 is 0 Å². The molecule has 0 aliphatic rings. The summed E-state index contributed by atoms with van der Waals surface area (Å²) in [5.74, 6) is -0.121. The highest BCUT2D eigenvalue weighted by molar-refractivity contribution is 7.11. The zero-order chi connectivity index (χ0) is 10.6. The van der Waals surface area contributed by atoms with Gasteiger partial charge in [0.2, 0.25) is 0 Å². The van der Waals surface area contributed by atoms with Crippen molar-refractivity contribution in [3.05, 3.63) is 16.6 Å². The monoisotopic (exact) mass is 209 g/mol. The molecule has 74 valence electrons. The summed E-state index contributed by atoms with van der Waals surface area (Å²) in [6.45, 7) is 3.89. The van der Waals surface area contributed by atoms with E-state index in [1.54, 1.807) is 5.51 Å². The number of nitriles is 1. The first-order chi connectivity index (χ1) is 6.66. The zero-order valence-corrected chi connectivity index (χ0v) is 8.91. The maximum atomic E-state index is 11.8. The van der Waals surface area contributed by atoms with Crippen LogP contribution in [0.25, 0.3) is 0 Å². The first-order valence-electron chi connectivity index (χ1n) is 4.23. The Morgan fingerprint density at radius 1 is 1.79 bits per heavy atom. The lowest BCUT2D eigenvalue weighted by atomic mass is 10.3. The fourth-order valence-electron chi connectivity index (χ4n) is 1.03. The third kappa shape index (κ3) is 2.30. The van der Waals surface area contributed by atoms with Crippen molar-refractivity contribution >= 4 is 17.2 Å². The molecule has 0 aliphatic heterocycles. The minimum absolute atomic E-state index is 0.0317. The highest BCUT2D eigenvalue weighted by Gasteiger charge is 2.19. The molecular weight excluding hydrogens is 198 g/mol. The summed E-state index contributed by atoms with van der Waals surface area (Å²) in [7, 11) is 0. The molecule has 1 aromatic heterocycles. The number of nitrogens with zero attached hydrogens (tertiary/aromatic N) is 3. The van der Waals surface area contributed by atoms with Crippen LogP contribution in [0.15, 0.2) is 11.7 Å². The van der Waals surface area contributed by atoms with Gasteiger partial charge in [0.15, 0.2) is 0 Å². The van der Waals surface area contributed by atoms with Crippen LogP contribution >= 0.6 is 11.3 Å². The average Bonchev–Trinajstić information content (AvgIpc) is 2.65. The lowest BCUT2D eigenvalue weighted by Gasteiger charge is -2.22. The van der Waals surface area contributed by atoms with Gasteiger partial charge in [-0.2, -0.15) is 5.26 Å². The van der Waals surface area contributed by atoms with E-state index < -0.39 is 0 Å². The molecule has 0 aromatic carbocycles. The molecule has 1 aromatic rings. The van der Waals surface area contributed by atoms with Crippen molar-refractivity contribution in [2.45, 2.75) is 19.9 Å². The zero-order valence-electron chi connectivity index (χ0n) is 8.10. The Balaban J connectivity index is 2.80. The fourth-order valence-corrected chi connectivity index (χ4v) is 1.60. The molecule has 5 heteroatoms. The lowest BCUT2D eigenvalue weighted by Crippen LogP contribution is -2.36. The third-order valence-electron chi connectivity index (χ3n) is 1.77. The number of aromatic nitrogens is 1. The Morgan fingerprint density at radius 3 is 2.93 bits per heavy atom. The molecule has 0 radical (unpaired) electrons. The Labute approximate surface area is 86.8 Å². The topological polar surface area (TPSA) is 57.0 Å². The van der Waals surface area contributed by atoms with Gasteiger partial charge in [-0.1, -0.05) is 0 Å². The summed E-state index contributed by atoms with van der Waals surface area (Å²) in [4.78, 5) is 17.7. The standard InChI is InChI=1S/C9H11N3OS/c1-7(2)12(4-3-10)9(13)8-5-11-6-14-8/h5-7H,4H2,1-2H3. The molecule has 1 amide bonds. The smallest absolute Gasteiger partial charge is 0.266 e. The second kappa shape index (κ2) is 4.72. The number of amides is 1.